The molecule has 0 aliphatic heterocycles. The summed E-state index contributed by atoms with van der Waals surface area (Å²) in [5, 5.41) is 6.70. The molecule has 132 valence electrons. The Kier molecular flexibility index (Phi) is 3.66. The Morgan fingerprint density at radius 1 is 1.23 bits per heavy atom. The Morgan fingerprint density at radius 2 is 2.15 bits per heavy atom. The Hall–Kier alpha value is -2.48. The molecule has 1 aliphatic rings. The minimum atomic E-state index is -0.809. The van der Waals surface area contributed by atoms with E-state index in [-0.39, 0.29) is 11.9 Å². The van der Waals surface area contributed by atoms with Gasteiger partial charge in [0.1, 0.15) is 23.3 Å². The van der Waals surface area contributed by atoms with Gasteiger partial charge in [0, 0.05) is 16.8 Å². The topological polar surface area (TPSA) is 56.5 Å². The summed E-state index contributed by atoms with van der Waals surface area (Å²) in [6.07, 6.45) is 3.14. The quantitative estimate of drug-likeness (QED) is 0.541. The molecule has 5 rings (SSSR count). The monoisotopic (exact) mass is 371 g/mol. The van der Waals surface area contributed by atoms with Crippen molar-refractivity contribution >= 4 is 33.5 Å². The number of hydrogen-bond donors (Lipinski definition) is 0. The van der Waals surface area contributed by atoms with E-state index in [9.17, 15) is 8.78 Å². The van der Waals surface area contributed by atoms with Crippen LogP contribution in [-0.2, 0) is 6.42 Å². The molecular weight excluding hydrogens is 356 g/mol. The van der Waals surface area contributed by atoms with Gasteiger partial charge in [-0.2, -0.15) is 0 Å². The lowest BCUT2D eigenvalue weighted by Crippen LogP contribution is -2.11. The van der Waals surface area contributed by atoms with E-state index in [2.05, 4.69) is 19.1 Å². The van der Waals surface area contributed by atoms with Crippen LogP contribution in [0.4, 0.5) is 8.78 Å². The molecule has 0 N–H and O–H groups in total. The standard InChI is InChI=1S/C18H15F2N5S/c19-10-1-3-13(5-10)25-17(7-12-9-26-24-23-12)22-16-8-21-15-4-2-11(20)6-14(15)18(16)25/h2,4,6,8-10,13H,1,3,5,7H2. The zero-order valence-corrected chi connectivity index (χ0v) is 14.6. The lowest BCUT2D eigenvalue weighted by atomic mass is 10.1. The van der Waals surface area contributed by atoms with E-state index in [1.807, 2.05) is 5.38 Å². The Morgan fingerprint density at radius 3 is 2.92 bits per heavy atom. The number of benzene rings is 1. The van der Waals surface area contributed by atoms with Gasteiger partial charge in [-0.1, -0.05) is 4.49 Å². The second-order valence-corrected chi connectivity index (χ2v) is 7.30. The van der Waals surface area contributed by atoms with Crippen LogP contribution in [0.3, 0.4) is 0 Å². The van der Waals surface area contributed by atoms with Crippen molar-refractivity contribution in [3.05, 3.63) is 47.1 Å². The molecule has 5 nitrogen and oxygen atoms in total. The first-order valence-electron chi connectivity index (χ1n) is 8.54. The number of nitrogens with zero attached hydrogens (tertiary/aromatic N) is 5. The van der Waals surface area contributed by atoms with Gasteiger partial charge in [-0.15, -0.1) is 5.10 Å². The Bertz CT molecular complexity index is 1090. The average molecular weight is 371 g/mol. The molecule has 1 saturated carbocycles. The van der Waals surface area contributed by atoms with Crippen LogP contribution < -0.4 is 0 Å². The molecule has 4 aromatic rings. The molecule has 1 aliphatic carbocycles. The third-order valence-electron chi connectivity index (χ3n) is 5.00. The van der Waals surface area contributed by atoms with E-state index >= 15 is 0 Å². The third-order valence-corrected chi connectivity index (χ3v) is 5.55. The highest BCUT2D eigenvalue weighted by molar-refractivity contribution is 7.03. The van der Waals surface area contributed by atoms with Crippen molar-refractivity contribution in [2.75, 3.05) is 0 Å². The molecule has 1 fully saturated rings. The summed E-state index contributed by atoms with van der Waals surface area (Å²) in [6, 6.07) is 4.55. The second-order valence-electron chi connectivity index (χ2n) is 6.69. The molecule has 0 saturated heterocycles. The summed E-state index contributed by atoms with van der Waals surface area (Å²) in [6.45, 7) is 0. The number of rotatable bonds is 3. The summed E-state index contributed by atoms with van der Waals surface area (Å²) in [4.78, 5) is 9.13. The third kappa shape index (κ3) is 2.56. The van der Waals surface area contributed by atoms with Gasteiger partial charge in [0.15, 0.2) is 0 Å². The normalized spacial score (nSPS) is 20.4. The lowest BCUT2D eigenvalue weighted by molar-refractivity contribution is 0.330. The van der Waals surface area contributed by atoms with E-state index in [1.165, 1.54) is 23.7 Å². The molecule has 0 amide bonds. The van der Waals surface area contributed by atoms with Crippen LogP contribution in [0.25, 0.3) is 21.9 Å². The second kappa shape index (κ2) is 6.05. The van der Waals surface area contributed by atoms with Crippen molar-refractivity contribution in [1.82, 2.24) is 24.1 Å². The van der Waals surface area contributed by atoms with Gasteiger partial charge >= 0.3 is 0 Å². The van der Waals surface area contributed by atoms with Crippen molar-refractivity contribution in [2.45, 2.75) is 37.9 Å². The highest BCUT2D eigenvalue weighted by Gasteiger charge is 2.29. The first-order chi connectivity index (χ1) is 12.7. The Labute approximate surface area is 151 Å². The van der Waals surface area contributed by atoms with Crippen LogP contribution in [0, 0.1) is 5.82 Å². The number of halogens is 2. The number of aromatic nitrogens is 5. The predicted octanol–water partition coefficient (Wildman–Crippen LogP) is 4.23. The molecule has 3 aromatic heterocycles. The van der Waals surface area contributed by atoms with Gasteiger partial charge in [0.2, 0.25) is 0 Å². The van der Waals surface area contributed by atoms with Crippen molar-refractivity contribution in [3.63, 3.8) is 0 Å². The maximum atomic E-state index is 13.9. The number of imidazole rings is 1. The van der Waals surface area contributed by atoms with Crippen LogP contribution in [-0.4, -0.2) is 30.3 Å². The molecule has 2 unspecified atom stereocenters. The van der Waals surface area contributed by atoms with Gasteiger partial charge < -0.3 is 4.57 Å². The summed E-state index contributed by atoms with van der Waals surface area (Å²) < 4.78 is 33.8. The molecule has 0 radical (unpaired) electrons. The summed E-state index contributed by atoms with van der Waals surface area (Å²) in [5.41, 5.74) is 3.05. The molecule has 0 bridgehead atoms. The van der Waals surface area contributed by atoms with E-state index in [4.69, 9.17) is 4.98 Å². The van der Waals surface area contributed by atoms with Crippen molar-refractivity contribution in [3.8, 4) is 0 Å². The molecule has 26 heavy (non-hydrogen) atoms. The van der Waals surface area contributed by atoms with Crippen molar-refractivity contribution < 1.29 is 8.78 Å². The van der Waals surface area contributed by atoms with Crippen LogP contribution in [0.5, 0.6) is 0 Å². The van der Waals surface area contributed by atoms with Crippen LogP contribution in [0.15, 0.2) is 29.8 Å². The summed E-state index contributed by atoms with van der Waals surface area (Å²) >= 11 is 1.29. The predicted molar refractivity (Wildman–Crippen MR) is 95.5 cm³/mol. The Balaban J connectivity index is 1.77. The molecule has 1 aromatic carbocycles. The average Bonchev–Trinajstić information content (AvgIpc) is 3.35. The van der Waals surface area contributed by atoms with Crippen LogP contribution in [0.1, 0.15) is 36.8 Å². The fourth-order valence-corrected chi connectivity index (χ4v) is 4.33. The number of alkyl halides is 1. The largest absolute Gasteiger partial charge is 0.324 e. The van der Waals surface area contributed by atoms with Crippen LogP contribution >= 0.6 is 11.5 Å². The number of hydrogen-bond acceptors (Lipinski definition) is 5. The van der Waals surface area contributed by atoms with Gasteiger partial charge in [0.05, 0.1) is 29.3 Å². The summed E-state index contributed by atoms with van der Waals surface area (Å²) in [5.74, 6) is 0.477. The fraction of sp³-hybridized carbons (Fsp3) is 0.333. The highest BCUT2D eigenvalue weighted by atomic mass is 32.1. The molecule has 8 heteroatoms. The first-order valence-corrected chi connectivity index (χ1v) is 9.38. The molecule has 0 spiro atoms. The molecule has 3 heterocycles. The first kappa shape index (κ1) is 15.7. The molecular formula is C18H15F2N5S. The van der Waals surface area contributed by atoms with Gasteiger partial charge in [-0.25, -0.2) is 13.8 Å². The maximum Gasteiger partial charge on any atom is 0.124 e. The highest BCUT2D eigenvalue weighted by Crippen LogP contribution is 2.37. The zero-order valence-electron chi connectivity index (χ0n) is 13.8. The minimum absolute atomic E-state index is 0.00506. The van der Waals surface area contributed by atoms with E-state index in [0.717, 1.165) is 23.5 Å². The van der Waals surface area contributed by atoms with Gasteiger partial charge in [0.25, 0.3) is 0 Å². The van der Waals surface area contributed by atoms with Crippen molar-refractivity contribution in [1.29, 1.82) is 0 Å². The van der Waals surface area contributed by atoms with Gasteiger partial charge in [-0.05, 0) is 49.0 Å². The lowest BCUT2D eigenvalue weighted by Gasteiger charge is -2.17. The van der Waals surface area contributed by atoms with E-state index in [0.29, 0.717) is 35.7 Å². The van der Waals surface area contributed by atoms with Crippen LogP contribution in [0.2, 0.25) is 0 Å². The van der Waals surface area contributed by atoms with Crippen molar-refractivity contribution in [2.24, 2.45) is 0 Å². The zero-order chi connectivity index (χ0) is 17.7. The van der Waals surface area contributed by atoms with E-state index in [1.54, 1.807) is 12.3 Å². The minimum Gasteiger partial charge on any atom is -0.324 e. The van der Waals surface area contributed by atoms with Gasteiger partial charge in [-0.3, -0.25) is 4.98 Å². The fourth-order valence-electron chi connectivity index (χ4n) is 3.88. The number of fused-ring (bicyclic) bond motifs is 3. The SMILES string of the molecule is Fc1ccc2ncc3nc(Cc4csnn4)n(C4CCC(F)C4)c3c2c1. The maximum absolute atomic E-state index is 13.9. The number of pyridine rings is 1. The summed E-state index contributed by atoms with van der Waals surface area (Å²) in [7, 11) is 0. The molecule has 2 atom stereocenters. The van der Waals surface area contributed by atoms with E-state index < -0.39 is 6.17 Å². The smallest absolute Gasteiger partial charge is 0.124 e.